The summed E-state index contributed by atoms with van der Waals surface area (Å²) in [5, 5.41) is 19.2. The van der Waals surface area contributed by atoms with Gasteiger partial charge < -0.3 is 64.1 Å². The number of para-hydroxylation sites is 3. The summed E-state index contributed by atoms with van der Waals surface area (Å²) in [5.41, 5.74) is 21.5. The van der Waals surface area contributed by atoms with Crippen molar-refractivity contribution in [1.82, 2.24) is 46.9 Å². The average molecular weight is 895 g/mol. The van der Waals surface area contributed by atoms with E-state index in [-0.39, 0.29) is 75.2 Å². The lowest BCUT2D eigenvalue weighted by atomic mass is 10.00. The number of nitrogens with one attached hydrogen (secondary N) is 9. The summed E-state index contributed by atoms with van der Waals surface area (Å²) in [6, 6.07) is 23.1. The van der Waals surface area contributed by atoms with Crippen molar-refractivity contribution in [3.05, 3.63) is 143 Å². The molecule has 7 rings (SSSR count). The number of amides is 6. The summed E-state index contributed by atoms with van der Waals surface area (Å²) in [7, 11) is 0. The van der Waals surface area contributed by atoms with E-state index in [9.17, 15) is 28.8 Å². The smallest absolute Gasteiger partial charge is 0.251 e. The van der Waals surface area contributed by atoms with E-state index in [1.54, 1.807) is 18.6 Å². The van der Waals surface area contributed by atoms with Crippen LogP contribution in [-0.2, 0) is 33.6 Å². The lowest BCUT2D eigenvalue weighted by molar-refractivity contribution is -0.123. The van der Waals surface area contributed by atoms with Gasteiger partial charge in [0.05, 0.1) is 0 Å². The van der Waals surface area contributed by atoms with Crippen LogP contribution in [0, 0.1) is 0 Å². The van der Waals surface area contributed by atoms with E-state index in [1.165, 1.54) is 18.2 Å². The zero-order valence-electron chi connectivity index (χ0n) is 36.2. The lowest BCUT2D eigenvalue weighted by Crippen LogP contribution is -2.50. The highest BCUT2D eigenvalue weighted by Crippen LogP contribution is 2.23. The van der Waals surface area contributed by atoms with E-state index in [4.69, 9.17) is 17.2 Å². The quantitative estimate of drug-likeness (QED) is 0.0496. The van der Waals surface area contributed by atoms with E-state index in [0.29, 0.717) is 0 Å². The maximum absolute atomic E-state index is 14.4. The third kappa shape index (κ3) is 11.1. The van der Waals surface area contributed by atoms with Gasteiger partial charge in [0.1, 0.15) is 18.1 Å². The molecule has 3 heterocycles. The van der Waals surface area contributed by atoms with Crippen LogP contribution in [0.5, 0.6) is 0 Å². The molecular weight excluding hydrogens is 841 g/mol. The van der Waals surface area contributed by atoms with Gasteiger partial charge in [-0.15, -0.1) is 0 Å². The third-order valence-electron chi connectivity index (χ3n) is 11.2. The standard InChI is InChI=1S/C48H54N12O6/c49-13-16-52-46(64)40(22-31-25-55-37-10-4-1-7-34(31)37)58-43(61)28-19-29(44(62)59-41(47(65)53-17-14-50)23-32-26-56-38-11-5-2-8-35(32)38)21-30(20-28)45(63)60-42(48(66)54-18-15-51)24-33-27-57-39-12-6-3-9-36(33)39/h1-12,19-21,25-27,40-42,55-57H,13-18,22-24,49-51H2,(H,52,64)(H,53,65)(H,54,66)(H,58,61)(H,59,62)(H,60,63)/t40-,41-,42-/m0/s1. The maximum atomic E-state index is 14.4. The predicted octanol–water partition coefficient (Wildman–Crippen LogP) is 1.38. The second-order valence-corrected chi connectivity index (χ2v) is 15.8. The number of fused-ring (bicyclic) bond motifs is 3. The SMILES string of the molecule is NCCNC(=O)[C@H](Cc1c[nH]c2ccccc12)NC(=O)c1cc(C(=O)N[C@@H](Cc2c[nH]c3ccccc23)C(=O)NCCN)cc(C(=O)N[C@@H](Cc2c[nH]c3ccccc23)C(=O)NCCN)c1. The number of carbonyl (C=O) groups excluding carboxylic acids is 6. The van der Waals surface area contributed by atoms with Gasteiger partial charge in [-0.1, -0.05) is 54.6 Å². The van der Waals surface area contributed by atoms with Crippen molar-refractivity contribution >= 4 is 68.2 Å². The number of carbonyl (C=O) groups is 6. The molecule has 0 aliphatic carbocycles. The first-order valence-corrected chi connectivity index (χ1v) is 21.7. The number of benzene rings is 4. The monoisotopic (exact) mass is 894 g/mol. The van der Waals surface area contributed by atoms with E-state index >= 15 is 0 Å². The van der Waals surface area contributed by atoms with Crippen molar-refractivity contribution in [3.8, 4) is 0 Å². The van der Waals surface area contributed by atoms with Crippen LogP contribution >= 0.6 is 0 Å². The summed E-state index contributed by atoms with van der Waals surface area (Å²) < 4.78 is 0. The first-order chi connectivity index (χ1) is 32.1. The Balaban J connectivity index is 1.23. The topological polar surface area (TPSA) is 300 Å². The molecule has 4 aromatic carbocycles. The van der Waals surface area contributed by atoms with Crippen LogP contribution in [0.4, 0.5) is 0 Å². The van der Waals surface area contributed by atoms with Crippen molar-refractivity contribution < 1.29 is 28.8 Å². The van der Waals surface area contributed by atoms with Crippen LogP contribution in [0.25, 0.3) is 32.7 Å². The number of hydrogen-bond donors (Lipinski definition) is 12. The Morgan fingerprint density at radius 2 is 0.697 bits per heavy atom. The van der Waals surface area contributed by atoms with Crippen LogP contribution in [0.2, 0.25) is 0 Å². The summed E-state index contributed by atoms with van der Waals surface area (Å²) >= 11 is 0. The number of nitrogens with two attached hydrogens (primary N) is 3. The van der Waals surface area contributed by atoms with Gasteiger partial charge in [-0.2, -0.15) is 0 Å². The molecule has 0 spiro atoms. The number of aromatic nitrogens is 3. The molecule has 66 heavy (non-hydrogen) atoms. The predicted molar refractivity (Wildman–Crippen MR) is 252 cm³/mol. The van der Waals surface area contributed by atoms with Gasteiger partial charge in [-0.05, 0) is 53.1 Å². The lowest BCUT2D eigenvalue weighted by Gasteiger charge is -2.21. The molecular formula is C48H54N12O6. The molecule has 3 atom stereocenters. The molecule has 3 aromatic heterocycles. The molecule has 18 heteroatoms. The molecule has 342 valence electrons. The van der Waals surface area contributed by atoms with Crippen LogP contribution in [0.3, 0.4) is 0 Å². The van der Waals surface area contributed by atoms with Crippen molar-refractivity contribution in [2.75, 3.05) is 39.3 Å². The first kappa shape index (κ1) is 46.2. The molecule has 0 aliphatic rings. The van der Waals surface area contributed by atoms with Gasteiger partial charge in [0, 0.05) is 127 Å². The fourth-order valence-electron chi connectivity index (χ4n) is 7.89. The number of H-pyrrole nitrogens is 3. The van der Waals surface area contributed by atoms with Crippen molar-refractivity contribution in [2.24, 2.45) is 17.2 Å². The average Bonchev–Trinajstić information content (AvgIpc) is 4.07. The van der Waals surface area contributed by atoms with Crippen molar-refractivity contribution in [2.45, 2.75) is 37.4 Å². The summed E-state index contributed by atoms with van der Waals surface area (Å²) in [6.07, 6.45) is 5.54. The van der Waals surface area contributed by atoms with E-state index in [1.807, 2.05) is 72.8 Å². The fraction of sp³-hybridized carbons (Fsp3) is 0.250. The maximum Gasteiger partial charge on any atom is 0.251 e. The molecule has 0 aliphatic heterocycles. The molecule has 0 unspecified atom stereocenters. The highest BCUT2D eigenvalue weighted by molar-refractivity contribution is 6.07. The Labute approximate surface area is 379 Å². The first-order valence-electron chi connectivity index (χ1n) is 21.7. The second kappa shape index (κ2) is 21.7. The Morgan fingerprint density at radius 1 is 0.424 bits per heavy atom. The zero-order valence-corrected chi connectivity index (χ0v) is 36.2. The van der Waals surface area contributed by atoms with E-state index < -0.39 is 53.6 Å². The van der Waals surface area contributed by atoms with Crippen LogP contribution in [-0.4, -0.2) is 108 Å². The molecule has 7 aromatic rings. The van der Waals surface area contributed by atoms with Crippen LogP contribution in [0.1, 0.15) is 47.8 Å². The molecule has 6 amide bonds. The Morgan fingerprint density at radius 3 is 0.970 bits per heavy atom. The fourth-order valence-corrected chi connectivity index (χ4v) is 7.89. The third-order valence-corrected chi connectivity index (χ3v) is 11.2. The van der Waals surface area contributed by atoms with Gasteiger partial charge in [-0.3, -0.25) is 28.8 Å². The summed E-state index contributed by atoms with van der Waals surface area (Å²) in [5.74, 6) is -3.84. The molecule has 15 N–H and O–H groups in total. The molecule has 0 radical (unpaired) electrons. The Bertz CT molecular complexity index is 2550. The molecule has 0 saturated heterocycles. The molecule has 0 saturated carbocycles. The highest BCUT2D eigenvalue weighted by atomic mass is 16.2. The number of rotatable bonds is 21. The Kier molecular flexibility index (Phi) is 15.2. The van der Waals surface area contributed by atoms with Crippen molar-refractivity contribution in [1.29, 1.82) is 0 Å². The van der Waals surface area contributed by atoms with Crippen molar-refractivity contribution in [3.63, 3.8) is 0 Å². The largest absolute Gasteiger partial charge is 0.361 e. The van der Waals surface area contributed by atoms with Crippen LogP contribution < -0.4 is 49.1 Å². The highest BCUT2D eigenvalue weighted by Gasteiger charge is 2.29. The second-order valence-electron chi connectivity index (χ2n) is 15.8. The molecule has 18 nitrogen and oxygen atoms in total. The Hall–Kier alpha value is -7.80. The van der Waals surface area contributed by atoms with Gasteiger partial charge in [0.25, 0.3) is 17.7 Å². The number of hydrogen-bond acceptors (Lipinski definition) is 9. The minimum Gasteiger partial charge on any atom is -0.361 e. The minimum atomic E-state index is -1.11. The van der Waals surface area contributed by atoms with Gasteiger partial charge >= 0.3 is 0 Å². The number of aromatic amines is 3. The van der Waals surface area contributed by atoms with Crippen LogP contribution in [0.15, 0.2) is 110 Å². The van der Waals surface area contributed by atoms with E-state index in [2.05, 4.69) is 46.9 Å². The minimum absolute atomic E-state index is 0.0839. The van der Waals surface area contributed by atoms with E-state index in [0.717, 1.165) is 49.4 Å². The molecule has 0 fully saturated rings. The molecule has 0 bridgehead atoms. The summed E-state index contributed by atoms with van der Waals surface area (Å²) in [6.45, 7) is 0.924. The summed E-state index contributed by atoms with van der Waals surface area (Å²) in [4.78, 5) is 93.6. The van der Waals surface area contributed by atoms with Gasteiger partial charge in [-0.25, -0.2) is 0 Å². The van der Waals surface area contributed by atoms with Gasteiger partial charge in [0.15, 0.2) is 0 Å². The zero-order chi connectivity index (χ0) is 46.6. The van der Waals surface area contributed by atoms with Gasteiger partial charge in [0.2, 0.25) is 17.7 Å². The normalized spacial score (nSPS) is 12.6.